The van der Waals surface area contributed by atoms with Gasteiger partial charge in [-0.2, -0.15) is 0 Å². The number of methoxy groups -OCH3 is 1. The minimum atomic E-state index is 0.00884. The molecular formula is C25H27N3O3S. The van der Waals surface area contributed by atoms with E-state index in [4.69, 9.17) is 19.1 Å². The van der Waals surface area contributed by atoms with Crippen LogP contribution >= 0.6 is 11.8 Å². The van der Waals surface area contributed by atoms with Crippen LogP contribution in [0.2, 0.25) is 0 Å². The molecule has 0 radical (unpaired) electrons. The van der Waals surface area contributed by atoms with E-state index in [1.54, 1.807) is 11.7 Å². The first kappa shape index (κ1) is 22.1. The Bertz CT molecular complexity index is 1280. The number of aryl methyl sites for hydroxylation is 1. The third-order valence-electron chi connectivity index (χ3n) is 5.32. The number of aromatic nitrogens is 3. The van der Waals surface area contributed by atoms with E-state index in [2.05, 4.69) is 13.8 Å². The number of para-hydroxylation sites is 1. The molecule has 0 fully saturated rings. The van der Waals surface area contributed by atoms with E-state index in [1.165, 1.54) is 11.8 Å². The average Bonchev–Trinajstić information content (AvgIpc) is 3.17. The van der Waals surface area contributed by atoms with Crippen LogP contribution in [0.3, 0.4) is 0 Å². The first-order valence-corrected chi connectivity index (χ1v) is 11.7. The average molecular weight is 450 g/mol. The summed E-state index contributed by atoms with van der Waals surface area (Å²) in [6.07, 6.45) is 0.915. The fraction of sp³-hybridized carbons (Fsp3) is 0.320. The first-order valence-electron chi connectivity index (χ1n) is 10.7. The number of hydrogen-bond acceptors (Lipinski definition) is 6. The summed E-state index contributed by atoms with van der Waals surface area (Å²) in [6, 6.07) is 15.1. The molecule has 0 atom stereocenters. The zero-order valence-corrected chi connectivity index (χ0v) is 19.6. The van der Waals surface area contributed by atoms with Crippen molar-refractivity contribution in [3.8, 4) is 17.2 Å². The lowest BCUT2D eigenvalue weighted by Crippen LogP contribution is -2.24. The number of oxazole rings is 1. The molecule has 0 saturated carbocycles. The topological polar surface area (TPSA) is 70.2 Å². The van der Waals surface area contributed by atoms with E-state index in [9.17, 15) is 4.79 Å². The lowest BCUT2D eigenvalue weighted by Gasteiger charge is -2.14. The van der Waals surface area contributed by atoms with Crippen LogP contribution in [0.5, 0.6) is 5.75 Å². The number of thioether (sulfide) groups is 1. The predicted octanol–water partition coefficient (Wildman–Crippen LogP) is 5.71. The molecule has 0 unspecified atom stereocenters. The fourth-order valence-electron chi connectivity index (χ4n) is 3.39. The molecular weight excluding hydrogens is 422 g/mol. The Kier molecular flexibility index (Phi) is 6.65. The fourth-order valence-corrected chi connectivity index (χ4v) is 4.42. The van der Waals surface area contributed by atoms with E-state index >= 15 is 0 Å². The monoisotopic (exact) mass is 449 g/mol. The van der Waals surface area contributed by atoms with E-state index in [0.29, 0.717) is 34.6 Å². The van der Waals surface area contributed by atoms with Gasteiger partial charge in [0, 0.05) is 17.9 Å². The lowest BCUT2D eigenvalue weighted by atomic mass is 10.1. The number of rotatable bonds is 8. The second-order valence-electron chi connectivity index (χ2n) is 8.09. The molecule has 32 heavy (non-hydrogen) atoms. The molecule has 166 valence electrons. The molecule has 4 aromatic rings. The summed E-state index contributed by atoms with van der Waals surface area (Å²) in [5.74, 6) is 3.19. The van der Waals surface area contributed by atoms with E-state index < -0.39 is 0 Å². The molecule has 0 spiro atoms. The van der Waals surface area contributed by atoms with E-state index in [1.807, 2.05) is 55.5 Å². The predicted molar refractivity (Wildman–Crippen MR) is 128 cm³/mol. The molecule has 2 aromatic carbocycles. The van der Waals surface area contributed by atoms with Crippen LogP contribution in [-0.2, 0) is 12.3 Å². The largest absolute Gasteiger partial charge is 0.497 e. The normalized spacial score (nSPS) is 11.4. The zero-order chi connectivity index (χ0) is 22.7. The Morgan fingerprint density at radius 2 is 1.84 bits per heavy atom. The van der Waals surface area contributed by atoms with Crippen molar-refractivity contribution in [2.45, 2.75) is 44.6 Å². The third-order valence-corrected chi connectivity index (χ3v) is 6.31. The molecule has 0 aliphatic heterocycles. The highest BCUT2D eigenvalue weighted by atomic mass is 32.2. The Labute approximate surface area is 191 Å². The van der Waals surface area contributed by atoms with Crippen molar-refractivity contribution in [3.05, 3.63) is 70.3 Å². The smallest absolute Gasteiger partial charge is 0.262 e. The maximum Gasteiger partial charge on any atom is 0.262 e. The summed E-state index contributed by atoms with van der Waals surface area (Å²) in [6.45, 7) is 6.87. The van der Waals surface area contributed by atoms with Gasteiger partial charge in [0.25, 0.3) is 5.56 Å². The maximum atomic E-state index is 13.1. The highest BCUT2D eigenvalue weighted by Crippen LogP contribution is 2.28. The van der Waals surface area contributed by atoms with Crippen LogP contribution in [0.25, 0.3) is 22.4 Å². The van der Waals surface area contributed by atoms with Crippen LogP contribution < -0.4 is 10.3 Å². The summed E-state index contributed by atoms with van der Waals surface area (Å²) >= 11 is 1.52. The van der Waals surface area contributed by atoms with Gasteiger partial charge in [-0.15, -0.1) is 0 Å². The maximum absolute atomic E-state index is 13.1. The number of nitrogens with zero attached hydrogens (tertiary/aromatic N) is 3. The van der Waals surface area contributed by atoms with Crippen molar-refractivity contribution in [2.75, 3.05) is 7.11 Å². The van der Waals surface area contributed by atoms with Crippen molar-refractivity contribution in [1.82, 2.24) is 14.5 Å². The second kappa shape index (κ2) is 9.61. The summed E-state index contributed by atoms with van der Waals surface area (Å²) < 4.78 is 12.9. The van der Waals surface area contributed by atoms with E-state index in [-0.39, 0.29) is 5.56 Å². The number of benzene rings is 2. The second-order valence-corrected chi connectivity index (χ2v) is 9.03. The van der Waals surface area contributed by atoms with Crippen molar-refractivity contribution >= 4 is 22.7 Å². The lowest BCUT2D eigenvalue weighted by molar-refractivity contribution is 0.415. The van der Waals surface area contributed by atoms with E-state index in [0.717, 1.165) is 34.7 Å². The molecule has 6 nitrogen and oxygen atoms in total. The SMILES string of the molecule is COc1ccc(-c2nc(CSc3nc4ccccc4c(=O)n3CCC(C)C)c(C)o2)cc1. The Morgan fingerprint density at radius 3 is 2.56 bits per heavy atom. The molecule has 2 aromatic heterocycles. The summed E-state index contributed by atoms with van der Waals surface area (Å²) in [5.41, 5.74) is 2.47. The first-order chi connectivity index (χ1) is 15.5. The molecule has 0 saturated heterocycles. The third kappa shape index (κ3) is 4.72. The molecule has 0 N–H and O–H groups in total. The highest BCUT2D eigenvalue weighted by Gasteiger charge is 2.16. The quantitative estimate of drug-likeness (QED) is 0.254. The Hall–Kier alpha value is -3.06. The van der Waals surface area contributed by atoms with Crippen molar-refractivity contribution < 1.29 is 9.15 Å². The number of ether oxygens (including phenoxy) is 1. The molecule has 7 heteroatoms. The van der Waals surface area contributed by atoms with Crippen molar-refractivity contribution in [3.63, 3.8) is 0 Å². The zero-order valence-electron chi connectivity index (χ0n) is 18.8. The van der Waals surface area contributed by atoms with Crippen LogP contribution in [0.4, 0.5) is 0 Å². The molecule has 2 heterocycles. The van der Waals surface area contributed by atoms with Gasteiger partial charge in [-0.05, 0) is 55.7 Å². The number of fused-ring (bicyclic) bond motifs is 1. The molecule has 0 amide bonds. The summed E-state index contributed by atoms with van der Waals surface area (Å²) in [7, 11) is 1.64. The summed E-state index contributed by atoms with van der Waals surface area (Å²) in [4.78, 5) is 22.6. The van der Waals surface area contributed by atoms with Gasteiger partial charge in [-0.3, -0.25) is 9.36 Å². The van der Waals surface area contributed by atoms with Gasteiger partial charge in [0.1, 0.15) is 11.5 Å². The van der Waals surface area contributed by atoms with Crippen molar-refractivity contribution in [1.29, 1.82) is 0 Å². The van der Waals surface area contributed by atoms with Gasteiger partial charge in [0.05, 0.1) is 23.7 Å². The van der Waals surface area contributed by atoms with Gasteiger partial charge in [0.15, 0.2) is 5.16 Å². The number of hydrogen-bond donors (Lipinski definition) is 0. The molecule has 4 rings (SSSR count). The van der Waals surface area contributed by atoms with Crippen LogP contribution in [0, 0.1) is 12.8 Å². The van der Waals surface area contributed by atoms with Gasteiger partial charge in [-0.1, -0.05) is 37.7 Å². The summed E-state index contributed by atoms with van der Waals surface area (Å²) in [5, 5.41) is 1.36. The molecule has 0 bridgehead atoms. The van der Waals surface area contributed by atoms with Crippen LogP contribution in [0.1, 0.15) is 31.7 Å². The van der Waals surface area contributed by atoms with Gasteiger partial charge in [-0.25, -0.2) is 9.97 Å². The van der Waals surface area contributed by atoms with Gasteiger partial charge in [0.2, 0.25) is 5.89 Å². The standard InChI is InChI=1S/C25H27N3O3S/c1-16(2)13-14-28-24(29)20-7-5-6-8-21(20)27-25(28)32-15-22-17(3)31-23(26-22)18-9-11-19(30-4)12-10-18/h5-12,16H,13-15H2,1-4H3. The van der Waals surface area contributed by atoms with Gasteiger partial charge >= 0.3 is 0 Å². The van der Waals surface area contributed by atoms with Crippen molar-refractivity contribution in [2.24, 2.45) is 5.92 Å². The molecule has 0 aliphatic rings. The molecule has 0 aliphatic carbocycles. The Morgan fingerprint density at radius 1 is 1.09 bits per heavy atom. The highest BCUT2D eigenvalue weighted by molar-refractivity contribution is 7.98. The van der Waals surface area contributed by atoms with Crippen LogP contribution in [-0.4, -0.2) is 21.6 Å². The minimum Gasteiger partial charge on any atom is -0.497 e. The van der Waals surface area contributed by atoms with Gasteiger partial charge < -0.3 is 9.15 Å². The minimum absolute atomic E-state index is 0.00884. The van der Waals surface area contributed by atoms with Crippen LogP contribution in [0.15, 0.2) is 62.9 Å². The Balaban J connectivity index is 1.61.